The number of carboxylic acids is 1. The number of carbonyl (C=O) groups excluding carboxylic acids is 1. The van der Waals surface area contributed by atoms with Crippen LogP contribution >= 0.6 is 39.5 Å². The van der Waals surface area contributed by atoms with Crippen LogP contribution in [0.25, 0.3) is 0 Å². The van der Waals surface area contributed by atoms with Gasteiger partial charge in [0.15, 0.2) is 0 Å². The summed E-state index contributed by atoms with van der Waals surface area (Å²) in [4.78, 5) is 8.89. The summed E-state index contributed by atoms with van der Waals surface area (Å²) in [7, 11) is -12.6. The van der Waals surface area contributed by atoms with E-state index < -0.39 is 45.5 Å². The van der Waals surface area contributed by atoms with Crippen LogP contribution in [0, 0.1) is 0 Å². The normalized spacial score (nSPS) is 11.6. The van der Waals surface area contributed by atoms with E-state index in [1.807, 2.05) is 0 Å². The Morgan fingerprint density at radius 2 is 0.444 bits per heavy atom. The number of aliphatic hydroxyl groups is 1. The quantitative estimate of drug-likeness (QED) is 0.0596. The molecule has 0 aromatic heterocycles. The van der Waals surface area contributed by atoms with Gasteiger partial charge in [-0.2, -0.15) is 0 Å². The Kier molecular flexibility index (Phi) is 26.9. The monoisotopic (exact) mass is 1170 g/mol. The second-order valence-corrected chi connectivity index (χ2v) is 28.4. The van der Waals surface area contributed by atoms with E-state index in [0.717, 1.165) is 14.0 Å². The van der Waals surface area contributed by atoms with E-state index in [9.17, 15) is 25.2 Å². The van der Waals surface area contributed by atoms with Gasteiger partial charge in [0.05, 0.1) is 98.8 Å². The minimum Gasteiger partial charge on any atom is -0.0620 e. The summed E-state index contributed by atoms with van der Waals surface area (Å²) < 4.78 is 59.2. The molecule has 72 heavy (non-hydrogen) atoms. The molecule has 0 aliphatic heterocycles. The van der Waals surface area contributed by atoms with Gasteiger partial charge in [-0.05, 0) is 104 Å². The molecular weight excluding hydrogens is 1100 g/mol. The molecular formula is C57H63F6O3P5Ru+4. The van der Waals surface area contributed by atoms with Crippen molar-refractivity contribution in [3.8, 4) is 0 Å². The fourth-order valence-corrected chi connectivity index (χ4v) is 19.0. The first-order valence-corrected chi connectivity index (χ1v) is 31.9. The number of aliphatic hydroxyl groups excluding tert-OH is 1. The number of aliphatic carboxylic acids is 1. The first-order chi connectivity index (χ1) is 34.0. The maximum atomic E-state index is 9.87. The molecule has 3 nitrogen and oxygen atoms in total. The maximum absolute atomic E-state index is 10.7. The Morgan fingerprint density at radius 1 is 0.347 bits per heavy atom. The number of halogens is 6. The summed E-state index contributed by atoms with van der Waals surface area (Å²) in [5.74, 6) is -1.08. The molecule has 0 bridgehead atoms. The fourth-order valence-electron chi connectivity index (χ4n) is 7.82. The number of hydrogen-bond donors (Lipinski definition) is 1. The summed E-state index contributed by atoms with van der Waals surface area (Å²) in [5.41, 5.74) is 0. The Hall–Kier alpha value is -4.46. The molecule has 1 N–H and O–H groups in total. The second-order valence-electron chi connectivity index (χ2n) is 16.0. The van der Waals surface area contributed by atoms with Crippen LogP contribution in [0.5, 0.6) is 0 Å². The van der Waals surface area contributed by atoms with Gasteiger partial charge in [0.2, 0.25) is 0 Å². The van der Waals surface area contributed by atoms with Crippen LogP contribution in [0.3, 0.4) is 0 Å². The van der Waals surface area contributed by atoms with Crippen molar-refractivity contribution >= 4 is 87.9 Å². The van der Waals surface area contributed by atoms with Crippen molar-refractivity contribution in [2.24, 2.45) is 0 Å². The maximum Gasteiger partial charge on any atom is 2.00 e. The van der Waals surface area contributed by atoms with E-state index in [4.69, 9.17) is 15.0 Å². The molecule has 15 heteroatoms. The number of carboxylic acid groups (broad SMARTS) is 1. The summed E-state index contributed by atoms with van der Waals surface area (Å²) in [6.45, 7) is 0.972. The van der Waals surface area contributed by atoms with Crippen LogP contribution in [0.2, 0.25) is 0 Å². The van der Waals surface area contributed by atoms with Gasteiger partial charge in [-0.1, -0.05) is 146 Å². The Morgan fingerprint density at radius 3 is 0.542 bits per heavy atom. The van der Waals surface area contributed by atoms with E-state index in [-0.39, 0.29) is 19.5 Å². The summed E-state index contributed by atoms with van der Waals surface area (Å²) in [6.07, 6.45) is 7.68. The SMILES string of the molecule is CC(=O)[O-].CO.F[P-](F)(F)(F)(F)F.[Ru+2].c1ccc([PH+](CCC[PH+](c2ccccc2)c2ccccc2)c2ccccc2)cc1.c1ccc([PH+](CCC[PH+](c2ccccc2)c2ccccc2)c2ccccc2)cc1. The van der Waals surface area contributed by atoms with E-state index in [1.165, 1.54) is 79.9 Å². The third kappa shape index (κ3) is 25.5. The van der Waals surface area contributed by atoms with Gasteiger partial charge < -0.3 is 15.0 Å². The molecule has 0 fully saturated rings. The van der Waals surface area contributed by atoms with Crippen molar-refractivity contribution in [1.82, 2.24) is 0 Å². The molecule has 0 saturated heterocycles. The van der Waals surface area contributed by atoms with Crippen LogP contribution in [0.1, 0.15) is 19.8 Å². The van der Waals surface area contributed by atoms with Gasteiger partial charge in [0.1, 0.15) is 0 Å². The predicted molar refractivity (Wildman–Crippen MR) is 303 cm³/mol. The predicted octanol–water partition coefficient (Wildman–Crippen LogP) is 12.0. The molecule has 0 atom stereocenters. The van der Waals surface area contributed by atoms with Gasteiger partial charge in [0.25, 0.3) is 0 Å². The average molecular weight is 1170 g/mol. The van der Waals surface area contributed by atoms with Gasteiger partial charge in [-0.25, -0.2) is 0 Å². The molecule has 0 amide bonds. The van der Waals surface area contributed by atoms with Crippen molar-refractivity contribution < 1.29 is 59.7 Å². The molecule has 8 aromatic rings. The number of rotatable bonds is 16. The van der Waals surface area contributed by atoms with Crippen molar-refractivity contribution in [2.45, 2.75) is 19.8 Å². The van der Waals surface area contributed by atoms with E-state index in [0.29, 0.717) is 0 Å². The van der Waals surface area contributed by atoms with Crippen molar-refractivity contribution in [3.05, 3.63) is 243 Å². The number of hydrogen-bond acceptors (Lipinski definition) is 3. The average Bonchev–Trinajstić information content (AvgIpc) is 3.38. The van der Waals surface area contributed by atoms with Crippen LogP contribution in [-0.4, -0.2) is 42.8 Å². The molecule has 0 radical (unpaired) electrons. The first-order valence-electron chi connectivity index (χ1n) is 23.1. The van der Waals surface area contributed by atoms with Gasteiger partial charge in [-0.15, -0.1) is 0 Å². The zero-order valence-electron chi connectivity index (χ0n) is 40.2. The number of carbonyl (C=O) groups is 1. The minimum absolute atomic E-state index is 0. The Balaban J connectivity index is 0.000000303. The molecule has 8 rings (SSSR count). The van der Waals surface area contributed by atoms with Crippen LogP contribution in [0.15, 0.2) is 243 Å². The van der Waals surface area contributed by atoms with Crippen molar-refractivity contribution in [1.29, 1.82) is 0 Å². The zero-order valence-corrected chi connectivity index (χ0v) is 46.8. The second kappa shape index (κ2) is 31.3. The molecule has 0 heterocycles. The van der Waals surface area contributed by atoms with E-state index in [2.05, 4.69) is 243 Å². The van der Waals surface area contributed by atoms with Gasteiger partial charge in [-0.3, -0.25) is 0 Å². The standard InChI is InChI=1S/2C27H26P2.C2H4O2.CH4O.F6P.Ru/c2*1-5-14-24(15-6-1)28(25-16-7-2-8-17-25)22-13-23-29(26-18-9-3-10-19-26)27-20-11-4-12-21-27;1-2(3)4;1-2;1-7(2,3,4,5)6;/h2*1-12,14-21H,13,22-23H2;1H3,(H,3,4);2H,1H3;;/q;;;;-1;+2/p+3. The van der Waals surface area contributed by atoms with Gasteiger partial charge in [0, 0.05) is 25.9 Å². The smallest absolute Gasteiger partial charge is 0.0620 e. The summed E-state index contributed by atoms with van der Waals surface area (Å²) in [5, 5.41) is 28.1. The number of benzene rings is 8. The van der Waals surface area contributed by atoms with E-state index >= 15 is 0 Å². The Labute approximate surface area is 439 Å². The summed E-state index contributed by atoms with van der Waals surface area (Å²) in [6, 6.07) is 89.1. The van der Waals surface area contributed by atoms with Crippen LogP contribution in [0.4, 0.5) is 25.2 Å². The van der Waals surface area contributed by atoms with E-state index in [1.54, 1.807) is 0 Å². The molecule has 0 aliphatic carbocycles. The third-order valence-corrected chi connectivity index (χ3v) is 22.3. The van der Waals surface area contributed by atoms with Gasteiger partial charge >= 0.3 is 52.5 Å². The summed E-state index contributed by atoms with van der Waals surface area (Å²) >= 11 is 0. The molecule has 8 aromatic carbocycles. The topological polar surface area (TPSA) is 60.4 Å². The molecule has 0 aliphatic rings. The van der Waals surface area contributed by atoms with Crippen LogP contribution < -0.4 is 47.5 Å². The molecule has 0 saturated carbocycles. The van der Waals surface area contributed by atoms with Crippen LogP contribution in [-0.2, 0) is 24.3 Å². The molecule has 0 spiro atoms. The zero-order chi connectivity index (χ0) is 51.4. The first kappa shape index (κ1) is 61.8. The molecule has 0 unspecified atom stereocenters. The third-order valence-electron chi connectivity index (χ3n) is 10.7. The molecule has 380 valence electrons. The Bertz CT molecular complexity index is 2150. The minimum atomic E-state index is -10.7. The largest absolute Gasteiger partial charge is 2.00 e. The van der Waals surface area contributed by atoms with Crippen molar-refractivity contribution in [3.63, 3.8) is 0 Å². The van der Waals surface area contributed by atoms with Crippen molar-refractivity contribution in [2.75, 3.05) is 31.8 Å². The fraction of sp³-hybridized carbons (Fsp3) is 0.140.